The minimum atomic E-state index is -3.49. The van der Waals surface area contributed by atoms with E-state index in [1.807, 2.05) is 26.1 Å². The summed E-state index contributed by atoms with van der Waals surface area (Å²) in [6.45, 7) is 2.64. The van der Waals surface area contributed by atoms with Crippen molar-refractivity contribution in [3.8, 4) is 0 Å². The number of rotatable bonds is 7. The van der Waals surface area contributed by atoms with Gasteiger partial charge in [-0.2, -0.15) is 0 Å². The largest absolute Gasteiger partial charge is 0.319 e. The van der Waals surface area contributed by atoms with Crippen molar-refractivity contribution >= 4 is 21.4 Å². The van der Waals surface area contributed by atoms with Crippen molar-refractivity contribution in [1.82, 2.24) is 15.0 Å². The molecule has 2 aromatic heterocycles. The molecule has 2 rings (SSSR count). The van der Waals surface area contributed by atoms with Crippen LogP contribution in [0.25, 0.3) is 0 Å². The molecule has 0 amide bonds. The van der Waals surface area contributed by atoms with Crippen LogP contribution in [0, 0.1) is 0 Å². The van der Waals surface area contributed by atoms with Crippen LogP contribution in [0.2, 0.25) is 0 Å². The molecule has 0 saturated carbocycles. The number of thiophene rings is 1. The molecule has 0 saturated heterocycles. The average Bonchev–Trinajstić information content (AvgIpc) is 2.95. The number of hydrogen-bond acceptors (Lipinski definition) is 5. The SMILES string of the molecule is CNCCc1ccc(S(=O)(=O)NC(C)c2cccnc2)s1. The molecule has 0 aliphatic rings. The Kier molecular flexibility index (Phi) is 5.46. The Hall–Kier alpha value is -1.28. The van der Waals surface area contributed by atoms with Gasteiger partial charge in [0, 0.05) is 23.3 Å². The summed E-state index contributed by atoms with van der Waals surface area (Å²) >= 11 is 1.31. The Morgan fingerprint density at radius 1 is 1.33 bits per heavy atom. The van der Waals surface area contributed by atoms with Gasteiger partial charge in [0.1, 0.15) is 4.21 Å². The third-order valence-corrected chi connectivity index (χ3v) is 6.22. The molecule has 0 fully saturated rings. The smallest absolute Gasteiger partial charge is 0.250 e. The highest BCUT2D eigenvalue weighted by Gasteiger charge is 2.20. The first kappa shape index (κ1) is 16.1. The van der Waals surface area contributed by atoms with E-state index in [-0.39, 0.29) is 6.04 Å². The molecule has 114 valence electrons. The summed E-state index contributed by atoms with van der Waals surface area (Å²) in [7, 11) is -1.61. The third-order valence-electron chi connectivity index (χ3n) is 3.04. The van der Waals surface area contributed by atoms with Crippen LogP contribution in [-0.4, -0.2) is 27.0 Å². The first-order valence-electron chi connectivity index (χ1n) is 6.68. The lowest BCUT2D eigenvalue weighted by Crippen LogP contribution is -2.26. The second-order valence-electron chi connectivity index (χ2n) is 4.70. The van der Waals surface area contributed by atoms with Crippen molar-refractivity contribution < 1.29 is 8.42 Å². The molecule has 1 unspecified atom stereocenters. The maximum Gasteiger partial charge on any atom is 0.250 e. The highest BCUT2D eigenvalue weighted by Crippen LogP contribution is 2.23. The highest BCUT2D eigenvalue weighted by molar-refractivity contribution is 7.91. The zero-order valence-electron chi connectivity index (χ0n) is 12.0. The van der Waals surface area contributed by atoms with Gasteiger partial charge >= 0.3 is 0 Å². The Morgan fingerprint density at radius 2 is 2.14 bits per heavy atom. The van der Waals surface area contributed by atoms with Gasteiger partial charge in [0.2, 0.25) is 0 Å². The van der Waals surface area contributed by atoms with E-state index >= 15 is 0 Å². The number of likely N-dealkylation sites (N-methyl/N-ethyl adjacent to an activating group) is 1. The van der Waals surface area contributed by atoms with Crippen molar-refractivity contribution in [2.75, 3.05) is 13.6 Å². The summed E-state index contributed by atoms with van der Waals surface area (Å²) in [6.07, 6.45) is 4.16. The maximum atomic E-state index is 12.4. The van der Waals surface area contributed by atoms with Crippen LogP contribution in [0.5, 0.6) is 0 Å². The number of aromatic nitrogens is 1. The minimum Gasteiger partial charge on any atom is -0.319 e. The summed E-state index contributed by atoms with van der Waals surface area (Å²) in [6, 6.07) is 6.86. The molecule has 0 radical (unpaired) electrons. The van der Waals surface area contributed by atoms with Crippen molar-refractivity contribution in [2.24, 2.45) is 0 Å². The Balaban J connectivity index is 2.09. The molecule has 0 aliphatic heterocycles. The van der Waals surface area contributed by atoms with Crippen LogP contribution >= 0.6 is 11.3 Å². The highest BCUT2D eigenvalue weighted by atomic mass is 32.2. The van der Waals surface area contributed by atoms with Crippen LogP contribution < -0.4 is 10.0 Å². The Morgan fingerprint density at radius 3 is 2.81 bits per heavy atom. The van der Waals surface area contributed by atoms with Crippen LogP contribution in [0.4, 0.5) is 0 Å². The maximum absolute atomic E-state index is 12.4. The first-order valence-corrected chi connectivity index (χ1v) is 8.98. The normalized spacial score (nSPS) is 13.2. The number of nitrogens with one attached hydrogen (secondary N) is 2. The molecule has 7 heteroatoms. The summed E-state index contributed by atoms with van der Waals surface area (Å²) < 4.78 is 27.8. The lowest BCUT2D eigenvalue weighted by atomic mass is 10.2. The van der Waals surface area contributed by atoms with Gasteiger partial charge in [0.05, 0.1) is 0 Å². The fourth-order valence-corrected chi connectivity index (χ4v) is 4.48. The van der Waals surface area contributed by atoms with Crippen LogP contribution in [0.15, 0.2) is 40.9 Å². The van der Waals surface area contributed by atoms with Crippen LogP contribution in [0.1, 0.15) is 23.4 Å². The number of nitrogens with zero attached hydrogens (tertiary/aromatic N) is 1. The van der Waals surface area contributed by atoms with Gasteiger partial charge in [-0.05, 0) is 50.7 Å². The van der Waals surface area contributed by atoms with E-state index in [9.17, 15) is 8.42 Å². The van der Waals surface area contributed by atoms with Gasteiger partial charge in [-0.25, -0.2) is 13.1 Å². The lowest BCUT2D eigenvalue weighted by molar-refractivity contribution is 0.568. The fourth-order valence-electron chi connectivity index (χ4n) is 1.88. The summed E-state index contributed by atoms with van der Waals surface area (Å²) in [4.78, 5) is 5.06. The molecule has 5 nitrogen and oxygen atoms in total. The third kappa shape index (κ3) is 4.34. The fraction of sp³-hybridized carbons (Fsp3) is 0.357. The molecule has 0 spiro atoms. The molecule has 2 N–H and O–H groups in total. The quantitative estimate of drug-likeness (QED) is 0.816. The number of hydrogen-bond donors (Lipinski definition) is 2. The zero-order chi connectivity index (χ0) is 15.3. The van der Waals surface area contributed by atoms with E-state index in [4.69, 9.17) is 0 Å². The molecular formula is C14H19N3O2S2. The van der Waals surface area contributed by atoms with Crippen molar-refractivity contribution in [3.05, 3.63) is 47.1 Å². The number of pyridine rings is 1. The second kappa shape index (κ2) is 7.13. The Bertz CT molecular complexity index is 669. The van der Waals surface area contributed by atoms with Crippen molar-refractivity contribution in [1.29, 1.82) is 0 Å². The van der Waals surface area contributed by atoms with Gasteiger partial charge in [0.15, 0.2) is 0 Å². The van der Waals surface area contributed by atoms with E-state index in [1.54, 1.807) is 24.5 Å². The molecular weight excluding hydrogens is 306 g/mol. The van der Waals surface area contributed by atoms with Gasteiger partial charge in [-0.15, -0.1) is 11.3 Å². The van der Waals surface area contributed by atoms with Crippen molar-refractivity contribution in [2.45, 2.75) is 23.6 Å². The topological polar surface area (TPSA) is 71.1 Å². The van der Waals surface area contributed by atoms with E-state index in [0.29, 0.717) is 4.21 Å². The van der Waals surface area contributed by atoms with Gasteiger partial charge in [-0.3, -0.25) is 4.98 Å². The molecule has 1 atom stereocenters. The van der Waals surface area contributed by atoms with Gasteiger partial charge < -0.3 is 5.32 Å². The molecule has 2 heterocycles. The predicted octanol–water partition coefficient (Wildman–Crippen LogP) is 1.94. The standard InChI is InChI=1S/C14H19N3O2S2/c1-11(12-4-3-8-16-10-12)17-21(18,19)14-6-5-13(20-14)7-9-15-2/h3-6,8,10-11,15,17H,7,9H2,1-2H3. The first-order chi connectivity index (χ1) is 10.0. The molecule has 21 heavy (non-hydrogen) atoms. The van der Waals surface area contributed by atoms with Crippen LogP contribution in [-0.2, 0) is 16.4 Å². The predicted molar refractivity (Wildman–Crippen MR) is 84.9 cm³/mol. The zero-order valence-corrected chi connectivity index (χ0v) is 13.7. The molecule has 2 aromatic rings. The van der Waals surface area contributed by atoms with E-state index in [1.165, 1.54) is 11.3 Å². The van der Waals surface area contributed by atoms with Gasteiger partial charge in [-0.1, -0.05) is 6.07 Å². The molecule has 0 aliphatic carbocycles. The average molecular weight is 325 g/mol. The summed E-state index contributed by atoms with van der Waals surface area (Å²) in [5.41, 5.74) is 0.841. The molecule has 0 aromatic carbocycles. The summed E-state index contributed by atoms with van der Waals surface area (Å²) in [5.74, 6) is 0. The lowest BCUT2D eigenvalue weighted by Gasteiger charge is -2.13. The van der Waals surface area contributed by atoms with E-state index < -0.39 is 10.0 Å². The Labute approximate surface area is 129 Å². The minimum absolute atomic E-state index is 0.313. The van der Waals surface area contributed by atoms with E-state index in [2.05, 4.69) is 15.0 Å². The molecule has 0 bridgehead atoms. The van der Waals surface area contributed by atoms with Gasteiger partial charge in [0.25, 0.3) is 10.0 Å². The second-order valence-corrected chi connectivity index (χ2v) is 7.81. The number of sulfonamides is 1. The van der Waals surface area contributed by atoms with Crippen LogP contribution in [0.3, 0.4) is 0 Å². The van der Waals surface area contributed by atoms with E-state index in [0.717, 1.165) is 23.4 Å². The van der Waals surface area contributed by atoms with Crippen molar-refractivity contribution in [3.63, 3.8) is 0 Å². The summed E-state index contributed by atoms with van der Waals surface area (Å²) in [5, 5.41) is 3.05. The monoisotopic (exact) mass is 325 g/mol.